The molecule has 2 aromatic heterocycles. The molecule has 162 valence electrons. The highest BCUT2D eigenvalue weighted by Crippen LogP contribution is 2.39. The van der Waals surface area contributed by atoms with Crippen LogP contribution in [0.3, 0.4) is 0 Å². The molecule has 2 saturated carbocycles. The predicted molar refractivity (Wildman–Crippen MR) is 108 cm³/mol. The molecule has 2 fully saturated rings. The summed E-state index contributed by atoms with van der Waals surface area (Å²) in [5.41, 5.74) is 1.70. The van der Waals surface area contributed by atoms with Gasteiger partial charge in [0, 0.05) is 30.7 Å². The molecule has 9 nitrogen and oxygen atoms in total. The highest BCUT2D eigenvalue weighted by molar-refractivity contribution is 5.91. The van der Waals surface area contributed by atoms with Crippen molar-refractivity contribution in [2.24, 2.45) is 5.92 Å². The monoisotopic (exact) mass is 415 g/mol. The molecule has 0 aliphatic heterocycles. The molecular weight excluding hydrogens is 386 g/mol. The fraction of sp³-hybridized carbons (Fsp3) is 0.619. The number of carbonyl (C=O) groups excluding carboxylic acids is 2. The number of hydrogen-bond acceptors (Lipinski definition) is 6. The first-order chi connectivity index (χ1) is 14.6. The van der Waals surface area contributed by atoms with E-state index in [4.69, 9.17) is 9.26 Å². The first-order valence-electron chi connectivity index (χ1n) is 10.8. The lowest BCUT2D eigenvalue weighted by atomic mass is 9.83. The van der Waals surface area contributed by atoms with E-state index in [1.54, 1.807) is 12.3 Å². The zero-order valence-electron chi connectivity index (χ0n) is 17.2. The summed E-state index contributed by atoms with van der Waals surface area (Å²) in [7, 11) is 0. The number of aromatic nitrogens is 3. The molecule has 0 saturated heterocycles. The molecule has 2 heterocycles. The number of hydrogen-bond donors (Lipinski definition) is 3. The van der Waals surface area contributed by atoms with Gasteiger partial charge in [-0.1, -0.05) is 12.1 Å². The summed E-state index contributed by atoms with van der Waals surface area (Å²) in [6.07, 6.45) is 6.60. The molecule has 0 unspecified atom stereocenters. The van der Waals surface area contributed by atoms with Crippen molar-refractivity contribution in [3.8, 4) is 0 Å². The summed E-state index contributed by atoms with van der Waals surface area (Å²) >= 11 is 0. The van der Waals surface area contributed by atoms with Gasteiger partial charge in [-0.3, -0.25) is 14.7 Å². The number of amides is 2. The van der Waals surface area contributed by atoms with Crippen molar-refractivity contribution in [2.75, 3.05) is 6.61 Å². The fourth-order valence-electron chi connectivity index (χ4n) is 3.92. The minimum Gasteiger partial charge on any atom is -0.376 e. The standard InChI is InChI=1S/C21H29N5O4/c1-2-9-29-18-6-5-14(20(27)22-12-15-7-8-23-25-15)10-17(18)24-21(28)19-11-16(26-30-19)13-3-4-13/h7-8,11,13-14,17-18H,2-6,9-10,12H2,1H3,(H,22,27)(H,23,25)(H,24,28)/t14-,17+,18+/m0/s1. The van der Waals surface area contributed by atoms with Crippen LogP contribution in [-0.4, -0.2) is 45.9 Å². The van der Waals surface area contributed by atoms with Crippen molar-refractivity contribution in [3.05, 3.63) is 35.5 Å². The average Bonchev–Trinajstić information content (AvgIpc) is 3.26. The summed E-state index contributed by atoms with van der Waals surface area (Å²) in [5.74, 6) is 0.137. The van der Waals surface area contributed by atoms with Crippen LogP contribution in [0.25, 0.3) is 0 Å². The Hall–Kier alpha value is -2.68. The molecular formula is C21H29N5O4. The number of rotatable bonds is 9. The molecule has 30 heavy (non-hydrogen) atoms. The summed E-state index contributed by atoms with van der Waals surface area (Å²) in [5, 5.41) is 16.7. The lowest BCUT2D eigenvalue weighted by Gasteiger charge is -2.35. The van der Waals surface area contributed by atoms with Crippen molar-refractivity contribution in [3.63, 3.8) is 0 Å². The van der Waals surface area contributed by atoms with Gasteiger partial charge in [0.2, 0.25) is 11.7 Å². The highest BCUT2D eigenvalue weighted by atomic mass is 16.5. The van der Waals surface area contributed by atoms with E-state index < -0.39 is 0 Å². The van der Waals surface area contributed by atoms with Crippen LogP contribution in [0.1, 0.15) is 73.3 Å². The summed E-state index contributed by atoms with van der Waals surface area (Å²) in [4.78, 5) is 25.4. The number of ether oxygens (including phenoxy) is 1. The van der Waals surface area contributed by atoms with Gasteiger partial charge in [0.05, 0.1) is 30.1 Å². The first-order valence-corrected chi connectivity index (χ1v) is 10.8. The third kappa shape index (κ3) is 5.08. The number of nitrogens with one attached hydrogen (secondary N) is 3. The summed E-state index contributed by atoms with van der Waals surface area (Å²) in [6, 6.07) is 3.30. The van der Waals surface area contributed by atoms with Crippen LogP contribution < -0.4 is 10.6 Å². The van der Waals surface area contributed by atoms with Crippen LogP contribution >= 0.6 is 0 Å². The normalized spacial score (nSPS) is 23.8. The molecule has 2 aromatic rings. The molecule has 0 bridgehead atoms. The highest BCUT2D eigenvalue weighted by Gasteiger charge is 2.36. The Labute approximate surface area is 175 Å². The number of carbonyl (C=O) groups is 2. The minimum atomic E-state index is -0.303. The third-order valence-electron chi connectivity index (χ3n) is 5.77. The van der Waals surface area contributed by atoms with E-state index in [9.17, 15) is 9.59 Å². The van der Waals surface area contributed by atoms with Crippen molar-refractivity contribution >= 4 is 11.8 Å². The molecule has 2 aliphatic rings. The molecule has 9 heteroatoms. The zero-order chi connectivity index (χ0) is 20.9. The topological polar surface area (TPSA) is 122 Å². The van der Waals surface area contributed by atoms with Crippen LogP contribution in [0.2, 0.25) is 0 Å². The summed E-state index contributed by atoms with van der Waals surface area (Å²) < 4.78 is 11.2. The minimum absolute atomic E-state index is 0.0199. The molecule has 4 rings (SSSR count). The maximum Gasteiger partial charge on any atom is 0.290 e. The van der Waals surface area contributed by atoms with E-state index >= 15 is 0 Å². The van der Waals surface area contributed by atoms with Crippen LogP contribution in [0.5, 0.6) is 0 Å². The third-order valence-corrected chi connectivity index (χ3v) is 5.77. The van der Waals surface area contributed by atoms with Gasteiger partial charge in [-0.2, -0.15) is 5.10 Å². The van der Waals surface area contributed by atoms with E-state index in [0.29, 0.717) is 25.5 Å². The van der Waals surface area contributed by atoms with Gasteiger partial charge in [0.1, 0.15) is 0 Å². The van der Waals surface area contributed by atoms with Crippen molar-refractivity contribution in [2.45, 2.75) is 70.1 Å². The zero-order valence-corrected chi connectivity index (χ0v) is 17.2. The van der Waals surface area contributed by atoms with E-state index in [1.165, 1.54) is 0 Å². The van der Waals surface area contributed by atoms with E-state index in [2.05, 4.69) is 32.9 Å². The Bertz CT molecular complexity index is 845. The lowest BCUT2D eigenvalue weighted by Crippen LogP contribution is -2.50. The van der Waals surface area contributed by atoms with Crippen LogP contribution in [0.4, 0.5) is 0 Å². The van der Waals surface area contributed by atoms with E-state index in [0.717, 1.165) is 43.5 Å². The van der Waals surface area contributed by atoms with Gasteiger partial charge in [-0.05, 0) is 44.6 Å². The average molecular weight is 415 g/mol. The van der Waals surface area contributed by atoms with Gasteiger partial charge >= 0.3 is 0 Å². The van der Waals surface area contributed by atoms with Gasteiger partial charge in [-0.25, -0.2) is 0 Å². The maximum absolute atomic E-state index is 12.7. The van der Waals surface area contributed by atoms with Crippen LogP contribution in [0, 0.1) is 5.92 Å². The fourth-order valence-corrected chi connectivity index (χ4v) is 3.92. The van der Waals surface area contributed by atoms with E-state index in [1.807, 2.05) is 6.07 Å². The van der Waals surface area contributed by atoms with Gasteiger partial charge in [-0.15, -0.1) is 0 Å². The van der Waals surface area contributed by atoms with Crippen molar-refractivity contribution < 1.29 is 18.8 Å². The smallest absolute Gasteiger partial charge is 0.290 e. The number of H-pyrrole nitrogens is 1. The SMILES string of the molecule is CCCO[C@@H]1CC[C@H](C(=O)NCc2ccn[nH]2)C[C@H]1NC(=O)c1cc(C2CC2)no1. The van der Waals surface area contributed by atoms with Crippen LogP contribution in [0.15, 0.2) is 22.9 Å². The van der Waals surface area contributed by atoms with Crippen molar-refractivity contribution in [1.82, 2.24) is 26.0 Å². The Balaban J connectivity index is 1.37. The van der Waals surface area contributed by atoms with Gasteiger partial charge in [0.15, 0.2) is 0 Å². The molecule has 3 atom stereocenters. The molecule has 0 radical (unpaired) electrons. The Morgan fingerprint density at radius 2 is 2.17 bits per heavy atom. The summed E-state index contributed by atoms with van der Waals surface area (Å²) in [6.45, 7) is 3.09. The predicted octanol–water partition coefficient (Wildman–Crippen LogP) is 2.29. The Morgan fingerprint density at radius 3 is 2.90 bits per heavy atom. The molecule has 0 spiro atoms. The molecule has 0 aromatic carbocycles. The number of nitrogens with zero attached hydrogens (tertiary/aromatic N) is 2. The Kier molecular flexibility index (Phi) is 6.47. The quantitative estimate of drug-likeness (QED) is 0.578. The van der Waals surface area contributed by atoms with Crippen LogP contribution in [-0.2, 0) is 16.1 Å². The molecule has 3 N–H and O–H groups in total. The van der Waals surface area contributed by atoms with Crippen molar-refractivity contribution in [1.29, 1.82) is 0 Å². The van der Waals surface area contributed by atoms with E-state index in [-0.39, 0.29) is 35.6 Å². The second kappa shape index (κ2) is 9.42. The molecule has 2 amide bonds. The first kappa shape index (κ1) is 20.6. The number of aromatic amines is 1. The largest absolute Gasteiger partial charge is 0.376 e. The van der Waals surface area contributed by atoms with Gasteiger partial charge < -0.3 is 19.9 Å². The molecule has 2 aliphatic carbocycles. The maximum atomic E-state index is 12.7. The Morgan fingerprint density at radius 1 is 1.30 bits per heavy atom. The second-order valence-electron chi connectivity index (χ2n) is 8.19. The second-order valence-corrected chi connectivity index (χ2v) is 8.19. The lowest BCUT2D eigenvalue weighted by molar-refractivity contribution is -0.127. The van der Waals surface area contributed by atoms with Gasteiger partial charge in [0.25, 0.3) is 5.91 Å².